The normalized spacial score (nSPS) is 10.1. The van der Waals surface area contributed by atoms with E-state index < -0.39 is 16.5 Å². The number of nitrogens with zero attached hydrogens (tertiary/aromatic N) is 4. The molecule has 0 unspecified atom stereocenters. The largest absolute Gasteiger partial charge is 0.466 e. The van der Waals surface area contributed by atoms with E-state index in [0.29, 0.717) is 0 Å². The summed E-state index contributed by atoms with van der Waals surface area (Å²) in [6.45, 7) is 0. The smallest absolute Gasteiger partial charge is 0.336 e. The molecule has 11 heteroatoms. The van der Waals surface area contributed by atoms with Gasteiger partial charge in [0.05, 0.1) is 12.0 Å². The number of hydrogen-bond donors (Lipinski definition) is 2. The molecule has 0 spiro atoms. The third-order valence-electron chi connectivity index (χ3n) is 2.19. The van der Waals surface area contributed by atoms with Crippen LogP contribution in [-0.4, -0.2) is 38.1 Å². The molecule has 104 valence electrons. The van der Waals surface area contributed by atoms with Gasteiger partial charge in [0, 0.05) is 6.20 Å². The van der Waals surface area contributed by atoms with Crippen LogP contribution in [0, 0.1) is 10.1 Å². The molecule has 0 aromatic carbocycles. The number of halogens is 1. The van der Waals surface area contributed by atoms with Gasteiger partial charge in [-0.1, -0.05) is 11.6 Å². The molecule has 2 aromatic rings. The lowest BCUT2D eigenvalue weighted by atomic mass is 10.2. The lowest BCUT2D eigenvalue weighted by Gasteiger charge is -2.03. The molecular formula is C9H7ClN6O4. The number of nitro groups is 1. The minimum Gasteiger partial charge on any atom is -0.466 e. The summed E-state index contributed by atoms with van der Waals surface area (Å²) in [5.74, 6) is -0.797. The second-order valence-electron chi connectivity index (χ2n) is 3.38. The first-order valence-corrected chi connectivity index (χ1v) is 5.47. The number of rotatable bonds is 4. The van der Waals surface area contributed by atoms with Crippen molar-refractivity contribution in [2.75, 3.05) is 12.4 Å². The molecule has 2 heterocycles. The number of aromatic nitrogens is 4. The summed E-state index contributed by atoms with van der Waals surface area (Å²) in [5, 5.41) is 18.8. The van der Waals surface area contributed by atoms with Gasteiger partial charge in [-0.3, -0.25) is 20.2 Å². The van der Waals surface area contributed by atoms with Crippen LogP contribution in [0.5, 0.6) is 6.01 Å². The highest BCUT2D eigenvalue weighted by atomic mass is 35.5. The third kappa shape index (κ3) is 2.64. The van der Waals surface area contributed by atoms with Gasteiger partial charge < -0.3 is 4.74 Å². The van der Waals surface area contributed by atoms with Gasteiger partial charge in [-0.25, -0.2) is 10.1 Å². The van der Waals surface area contributed by atoms with E-state index in [4.69, 9.17) is 16.3 Å². The molecule has 0 aliphatic heterocycles. The Bertz CT molecular complexity index is 672. The average Bonchev–Trinajstić information content (AvgIpc) is 2.85. The lowest BCUT2D eigenvalue weighted by molar-refractivity contribution is -0.385. The van der Waals surface area contributed by atoms with Crippen LogP contribution in [0.1, 0.15) is 10.4 Å². The minimum absolute atomic E-state index is 0.0163. The molecule has 0 saturated carbocycles. The number of anilines is 1. The van der Waals surface area contributed by atoms with Crippen LogP contribution in [0.3, 0.4) is 0 Å². The van der Waals surface area contributed by atoms with Gasteiger partial charge in [0.2, 0.25) is 11.1 Å². The van der Waals surface area contributed by atoms with Gasteiger partial charge in [0.1, 0.15) is 5.56 Å². The monoisotopic (exact) mass is 298 g/mol. The van der Waals surface area contributed by atoms with Crippen LogP contribution in [0.4, 0.5) is 11.6 Å². The van der Waals surface area contributed by atoms with E-state index in [9.17, 15) is 14.9 Å². The first-order chi connectivity index (χ1) is 9.52. The second-order valence-corrected chi connectivity index (χ2v) is 3.74. The number of carbonyl (C=O) groups excluding carboxylic acids is 1. The maximum atomic E-state index is 12.0. The molecule has 0 bridgehead atoms. The van der Waals surface area contributed by atoms with Crippen molar-refractivity contribution >= 4 is 29.1 Å². The van der Waals surface area contributed by atoms with Crippen LogP contribution >= 0.6 is 11.6 Å². The number of aromatic amines is 1. The standard InChI is InChI=1S/C9H7ClN6O4/c1-20-9-13-8(14-15-9)12-7(17)4-2-3-11-6(10)5(4)16(18)19/h2-3H,1H3,(H2,12,13,14,15,17). The van der Waals surface area contributed by atoms with E-state index in [1.165, 1.54) is 19.4 Å². The number of methoxy groups -OCH3 is 1. The predicted molar refractivity (Wildman–Crippen MR) is 66.8 cm³/mol. The van der Waals surface area contributed by atoms with Crippen molar-refractivity contribution in [3.05, 3.63) is 33.1 Å². The zero-order valence-electron chi connectivity index (χ0n) is 9.95. The Hall–Kier alpha value is -2.75. The molecular weight excluding hydrogens is 292 g/mol. The second kappa shape index (κ2) is 5.48. The first-order valence-electron chi connectivity index (χ1n) is 5.09. The maximum absolute atomic E-state index is 12.0. The van der Waals surface area contributed by atoms with Gasteiger partial charge in [0.15, 0.2) is 0 Å². The Morgan fingerprint density at radius 1 is 1.60 bits per heavy atom. The number of pyridine rings is 1. The summed E-state index contributed by atoms with van der Waals surface area (Å²) in [5.41, 5.74) is -0.830. The molecule has 2 aromatic heterocycles. The van der Waals surface area contributed by atoms with Crippen LogP contribution < -0.4 is 10.1 Å². The average molecular weight is 299 g/mol. The molecule has 0 atom stereocenters. The SMILES string of the molecule is COc1n[nH]c(NC(=O)c2ccnc(Cl)c2[N+](=O)[O-])n1. The molecule has 0 aliphatic carbocycles. The van der Waals surface area contributed by atoms with E-state index in [1.807, 2.05) is 0 Å². The van der Waals surface area contributed by atoms with E-state index in [0.717, 1.165) is 0 Å². The Labute approximate surface area is 116 Å². The third-order valence-corrected chi connectivity index (χ3v) is 2.46. The molecule has 0 radical (unpaired) electrons. The van der Waals surface area contributed by atoms with Crippen molar-refractivity contribution in [3.63, 3.8) is 0 Å². The van der Waals surface area contributed by atoms with Crippen molar-refractivity contribution in [1.82, 2.24) is 20.2 Å². The number of ether oxygens (including phenoxy) is 1. The van der Waals surface area contributed by atoms with E-state index >= 15 is 0 Å². The fraction of sp³-hybridized carbons (Fsp3) is 0.111. The molecule has 2 rings (SSSR count). The summed E-state index contributed by atoms with van der Waals surface area (Å²) < 4.78 is 4.72. The molecule has 0 saturated heterocycles. The van der Waals surface area contributed by atoms with Crippen molar-refractivity contribution in [3.8, 4) is 6.01 Å². The van der Waals surface area contributed by atoms with E-state index in [-0.39, 0.29) is 22.7 Å². The molecule has 2 N–H and O–H groups in total. The fourth-order valence-electron chi connectivity index (χ4n) is 1.35. The lowest BCUT2D eigenvalue weighted by Crippen LogP contribution is -2.15. The van der Waals surface area contributed by atoms with Crippen LogP contribution in [0.15, 0.2) is 12.3 Å². The van der Waals surface area contributed by atoms with Gasteiger partial charge >= 0.3 is 11.7 Å². The summed E-state index contributed by atoms with van der Waals surface area (Å²) in [6.07, 6.45) is 1.19. The fourth-order valence-corrected chi connectivity index (χ4v) is 1.58. The zero-order chi connectivity index (χ0) is 14.7. The molecule has 0 fully saturated rings. The highest BCUT2D eigenvalue weighted by Crippen LogP contribution is 2.26. The quantitative estimate of drug-likeness (QED) is 0.488. The van der Waals surface area contributed by atoms with Crippen LogP contribution in [0.2, 0.25) is 5.15 Å². The first kappa shape index (κ1) is 13.7. The van der Waals surface area contributed by atoms with Crippen LogP contribution in [0.25, 0.3) is 0 Å². The number of hydrogen-bond acceptors (Lipinski definition) is 7. The number of H-pyrrole nitrogens is 1. The summed E-state index contributed by atoms with van der Waals surface area (Å²) in [6, 6.07) is 1.19. The maximum Gasteiger partial charge on any atom is 0.336 e. The van der Waals surface area contributed by atoms with Crippen molar-refractivity contribution in [2.45, 2.75) is 0 Å². The Balaban J connectivity index is 2.29. The van der Waals surface area contributed by atoms with Gasteiger partial charge in [-0.05, 0) is 6.07 Å². The topological polar surface area (TPSA) is 136 Å². The minimum atomic E-state index is -0.786. The van der Waals surface area contributed by atoms with Crippen molar-refractivity contribution in [2.24, 2.45) is 0 Å². The summed E-state index contributed by atoms with van der Waals surface area (Å²) >= 11 is 5.61. The van der Waals surface area contributed by atoms with Crippen LogP contribution in [-0.2, 0) is 0 Å². The summed E-state index contributed by atoms with van der Waals surface area (Å²) in [7, 11) is 1.35. The predicted octanol–water partition coefficient (Wildman–Crippen LogP) is 1.02. The van der Waals surface area contributed by atoms with E-state index in [2.05, 4.69) is 25.5 Å². The highest BCUT2D eigenvalue weighted by Gasteiger charge is 2.25. The number of carbonyl (C=O) groups is 1. The highest BCUT2D eigenvalue weighted by molar-refractivity contribution is 6.32. The number of amides is 1. The summed E-state index contributed by atoms with van der Waals surface area (Å²) in [4.78, 5) is 29.4. The Morgan fingerprint density at radius 2 is 2.35 bits per heavy atom. The van der Waals surface area contributed by atoms with Gasteiger partial charge in [0.25, 0.3) is 5.91 Å². The van der Waals surface area contributed by atoms with Gasteiger partial charge in [-0.2, -0.15) is 4.98 Å². The molecule has 0 aliphatic rings. The Kier molecular flexibility index (Phi) is 3.75. The Morgan fingerprint density at radius 3 is 2.95 bits per heavy atom. The van der Waals surface area contributed by atoms with Crippen molar-refractivity contribution < 1.29 is 14.5 Å². The zero-order valence-corrected chi connectivity index (χ0v) is 10.7. The van der Waals surface area contributed by atoms with Crippen molar-refractivity contribution in [1.29, 1.82) is 0 Å². The molecule has 10 nitrogen and oxygen atoms in total. The molecule has 1 amide bonds. The molecule has 20 heavy (non-hydrogen) atoms. The van der Waals surface area contributed by atoms with Gasteiger partial charge in [-0.15, -0.1) is 5.10 Å². The number of nitrogens with one attached hydrogen (secondary N) is 2. The van der Waals surface area contributed by atoms with E-state index in [1.54, 1.807) is 0 Å².